The highest BCUT2D eigenvalue weighted by Crippen LogP contribution is 2.28. The maximum Gasteiger partial charge on any atom is 0.170 e. The highest BCUT2D eigenvalue weighted by molar-refractivity contribution is 6.01. The summed E-state index contributed by atoms with van der Waals surface area (Å²) in [6.45, 7) is 7.65. The molecule has 0 amide bonds. The Morgan fingerprint density at radius 1 is 1.29 bits per heavy atom. The van der Waals surface area contributed by atoms with Gasteiger partial charge in [0.1, 0.15) is 5.75 Å². The Hall–Kier alpha value is -1.35. The molecule has 0 aliphatic heterocycles. The van der Waals surface area contributed by atoms with Crippen molar-refractivity contribution in [1.82, 2.24) is 0 Å². The van der Waals surface area contributed by atoms with Gasteiger partial charge in [0.25, 0.3) is 0 Å². The average Bonchev–Trinajstić information content (AvgIpc) is 2.30. The lowest BCUT2D eigenvalue weighted by Gasteiger charge is -2.18. The van der Waals surface area contributed by atoms with Crippen LogP contribution in [0.2, 0.25) is 0 Å². The molecule has 3 heteroatoms. The highest BCUT2D eigenvalue weighted by Gasteiger charge is 2.23. The van der Waals surface area contributed by atoms with E-state index < -0.39 is 0 Å². The zero-order valence-electron chi connectivity index (χ0n) is 11.2. The Balaban J connectivity index is 3.23. The van der Waals surface area contributed by atoms with Crippen molar-refractivity contribution in [1.29, 1.82) is 0 Å². The Morgan fingerprint density at radius 3 is 2.35 bits per heavy atom. The molecule has 94 valence electrons. The summed E-state index contributed by atoms with van der Waals surface area (Å²) < 4.78 is 5.35. The number of aryl methyl sites for hydroxylation is 1. The summed E-state index contributed by atoms with van der Waals surface area (Å²) in [7, 11) is 1.59. The van der Waals surface area contributed by atoms with Crippen molar-refractivity contribution in [2.24, 2.45) is 11.7 Å². The lowest BCUT2D eigenvalue weighted by molar-refractivity contribution is 0.0914. The van der Waals surface area contributed by atoms with Crippen LogP contribution < -0.4 is 10.5 Å². The van der Waals surface area contributed by atoms with Crippen LogP contribution in [0.4, 0.5) is 0 Å². The van der Waals surface area contributed by atoms with E-state index in [-0.39, 0.29) is 17.7 Å². The van der Waals surface area contributed by atoms with Gasteiger partial charge in [-0.05, 0) is 38.0 Å². The minimum atomic E-state index is -0.203. The average molecular weight is 235 g/mol. The molecule has 0 aromatic heterocycles. The number of carbonyl (C=O) groups is 1. The molecule has 17 heavy (non-hydrogen) atoms. The van der Waals surface area contributed by atoms with E-state index in [4.69, 9.17) is 10.5 Å². The number of Topliss-reactive ketones (excluding diaryl/α,β-unsaturated/α-hetero) is 1. The van der Waals surface area contributed by atoms with Gasteiger partial charge in [-0.15, -0.1) is 0 Å². The molecule has 0 fully saturated rings. The first kappa shape index (κ1) is 13.7. The number of ether oxygens (including phenoxy) is 1. The van der Waals surface area contributed by atoms with Gasteiger partial charge in [-0.25, -0.2) is 0 Å². The standard InChI is InChI=1S/C14H21NO2/c1-8-6-7-12(14(17-5)9(8)2)13(16)10(3)11(4)15/h6-7,10-11H,15H2,1-5H3. The first-order chi connectivity index (χ1) is 7.90. The smallest absolute Gasteiger partial charge is 0.170 e. The van der Waals surface area contributed by atoms with Crippen molar-refractivity contribution in [2.75, 3.05) is 7.11 Å². The summed E-state index contributed by atoms with van der Waals surface area (Å²) in [6.07, 6.45) is 0. The SMILES string of the molecule is COc1c(C(=O)C(C)C(C)N)ccc(C)c1C. The van der Waals surface area contributed by atoms with Crippen molar-refractivity contribution >= 4 is 5.78 Å². The predicted octanol–water partition coefficient (Wildman–Crippen LogP) is 2.48. The fourth-order valence-corrected chi connectivity index (χ4v) is 1.73. The highest BCUT2D eigenvalue weighted by atomic mass is 16.5. The zero-order chi connectivity index (χ0) is 13.2. The van der Waals surface area contributed by atoms with Gasteiger partial charge in [0, 0.05) is 12.0 Å². The van der Waals surface area contributed by atoms with E-state index in [0.717, 1.165) is 11.1 Å². The number of carbonyl (C=O) groups excluding carboxylic acids is 1. The molecule has 2 atom stereocenters. The Labute approximate surface area is 103 Å². The molecular weight excluding hydrogens is 214 g/mol. The third-order valence-corrected chi connectivity index (χ3v) is 3.35. The van der Waals surface area contributed by atoms with E-state index >= 15 is 0 Å². The van der Waals surface area contributed by atoms with E-state index in [1.54, 1.807) is 7.11 Å². The van der Waals surface area contributed by atoms with Crippen LogP contribution in [0.5, 0.6) is 5.75 Å². The van der Waals surface area contributed by atoms with Crippen molar-refractivity contribution in [3.05, 3.63) is 28.8 Å². The maximum absolute atomic E-state index is 12.3. The molecule has 0 aliphatic carbocycles. The van der Waals surface area contributed by atoms with Crippen molar-refractivity contribution in [2.45, 2.75) is 33.7 Å². The quantitative estimate of drug-likeness (QED) is 0.816. The third kappa shape index (κ3) is 2.67. The second-order valence-corrected chi connectivity index (χ2v) is 4.60. The van der Waals surface area contributed by atoms with E-state index in [1.165, 1.54) is 0 Å². The number of nitrogens with two attached hydrogens (primary N) is 1. The minimum absolute atomic E-state index is 0.0416. The molecular formula is C14H21NO2. The maximum atomic E-state index is 12.3. The Bertz CT molecular complexity index is 424. The summed E-state index contributed by atoms with van der Waals surface area (Å²) in [5, 5.41) is 0. The normalized spacial score (nSPS) is 14.2. The number of hydrogen-bond acceptors (Lipinski definition) is 3. The molecule has 0 radical (unpaired) electrons. The van der Waals surface area contributed by atoms with Crippen LogP contribution in [0.1, 0.15) is 35.3 Å². The van der Waals surface area contributed by atoms with Crippen molar-refractivity contribution in [3.8, 4) is 5.75 Å². The molecule has 0 saturated carbocycles. The van der Waals surface area contributed by atoms with Crippen LogP contribution in [-0.2, 0) is 0 Å². The van der Waals surface area contributed by atoms with Crippen LogP contribution in [0, 0.1) is 19.8 Å². The molecule has 0 heterocycles. The first-order valence-electron chi connectivity index (χ1n) is 5.84. The van der Waals surface area contributed by atoms with Crippen LogP contribution >= 0.6 is 0 Å². The molecule has 1 aromatic carbocycles. The van der Waals surface area contributed by atoms with Gasteiger partial charge in [0.2, 0.25) is 0 Å². The monoisotopic (exact) mass is 235 g/mol. The predicted molar refractivity (Wildman–Crippen MR) is 69.6 cm³/mol. The molecule has 2 N–H and O–H groups in total. The molecule has 0 bridgehead atoms. The molecule has 3 nitrogen and oxygen atoms in total. The number of benzene rings is 1. The van der Waals surface area contributed by atoms with Crippen molar-refractivity contribution in [3.63, 3.8) is 0 Å². The van der Waals surface area contributed by atoms with Gasteiger partial charge in [0.15, 0.2) is 5.78 Å². The van der Waals surface area contributed by atoms with Crippen LogP contribution in [-0.4, -0.2) is 18.9 Å². The molecule has 2 unspecified atom stereocenters. The summed E-state index contributed by atoms with van der Waals surface area (Å²) in [5.41, 5.74) is 8.52. The lowest BCUT2D eigenvalue weighted by Crippen LogP contribution is -2.30. The Kier molecular flexibility index (Phi) is 4.29. The summed E-state index contributed by atoms with van der Waals surface area (Å²) in [4.78, 5) is 12.3. The fraction of sp³-hybridized carbons (Fsp3) is 0.500. The second-order valence-electron chi connectivity index (χ2n) is 4.60. The summed E-state index contributed by atoms with van der Waals surface area (Å²) >= 11 is 0. The zero-order valence-corrected chi connectivity index (χ0v) is 11.2. The van der Waals surface area contributed by atoms with Gasteiger partial charge >= 0.3 is 0 Å². The van der Waals surface area contributed by atoms with Gasteiger partial charge < -0.3 is 10.5 Å². The fourth-order valence-electron chi connectivity index (χ4n) is 1.73. The number of rotatable bonds is 4. The Morgan fingerprint density at radius 2 is 1.88 bits per heavy atom. The lowest BCUT2D eigenvalue weighted by atomic mass is 9.91. The van der Waals surface area contributed by atoms with Gasteiger partial charge in [0.05, 0.1) is 12.7 Å². The third-order valence-electron chi connectivity index (χ3n) is 3.35. The number of hydrogen-bond donors (Lipinski definition) is 1. The minimum Gasteiger partial charge on any atom is -0.496 e. The molecule has 1 rings (SSSR count). The largest absolute Gasteiger partial charge is 0.496 e. The van der Waals surface area contributed by atoms with E-state index in [1.807, 2.05) is 39.8 Å². The number of methoxy groups -OCH3 is 1. The van der Waals surface area contributed by atoms with Gasteiger partial charge in [-0.1, -0.05) is 13.0 Å². The molecule has 0 aliphatic rings. The number of ketones is 1. The van der Waals surface area contributed by atoms with E-state index in [0.29, 0.717) is 11.3 Å². The van der Waals surface area contributed by atoms with E-state index in [9.17, 15) is 4.79 Å². The van der Waals surface area contributed by atoms with E-state index in [2.05, 4.69) is 0 Å². The van der Waals surface area contributed by atoms with Gasteiger partial charge in [-0.2, -0.15) is 0 Å². The molecule has 0 saturated heterocycles. The molecule has 1 aromatic rings. The van der Waals surface area contributed by atoms with Crippen LogP contribution in [0.3, 0.4) is 0 Å². The van der Waals surface area contributed by atoms with Crippen molar-refractivity contribution < 1.29 is 9.53 Å². The summed E-state index contributed by atoms with van der Waals surface area (Å²) in [6, 6.07) is 3.61. The summed E-state index contributed by atoms with van der Waals surface area (Å²) in [5.74, 6) is 0.508. The van der Waals surface area contributed by atoms with Gasteiger partial charge in [-0.3, -0.25) is 4.79 Å². The van der Waals surface area contributed by atoms with Crippen LogP contribution in [0.15, 0.2) is 12.1 Å². The molecule has 0 spiro atoms. The first-order valence-corrected chi connectivity index (χ1v) is 5.84. The second kappa shape index (κ2) is 5.32. The topological polar surface area (TPSA) is 52.3 Å². The van der Waals surface area contributed by atoms with Crippen LogP contribution in [0.25, 0.3) is 0 Å².